The number of nitrogens with one attached hydrogen (secondary N) is 1. The Morgan fingerprint density at radius 1 is 1.15 bits per heavy atom. The molecule has 1 aromatic rings. The quantitative estimate of drug-likeness (QED) is 0.759. The van der Waals surface area contributed by atoms with E-state index in [0.717, 1.165) is 52.1 Å². The number of carbonyl (C=O) groups excluding carboxylic acids is 1. The van der Waals surface area contributed by atoms with Crippen molar-refractivity contribution in [2.75, 3.05) is 45.8 Å². The number of sulfonamides is 1. The zero-order valence-corrected chi connectivity index (χ0v) is 17.7. The number of piperazine rings is 1. The van der Waals surface area contributed by atoms with Crippen LogP contribution in [-0.4, -0.2) is 86.3 Å². The molecule has 3 saturated heterocycles. The number of carbonyl (C=O) groups is 1. The molecule has 0 bridgehead atoms. The molecule has 27 heavy (non-hydrogen) atoms. The maximum Gasteiger partial charge on any atom is 0.253 e. The fraction of sp³-hybridized carbons (Fsp3) is 0.706. The summed E-state index contributed by atoms with van der Waals surface area (Å²) in [6, 6.07) is 3.23. The molecule has 0 saturated carbocycles. The normalized spacial score (nSPS) is 27.6. The molecular weight excluding hydrogens is 408 g/mol. The molecule has 0 aliphatic carbocycles. The van der Waals surface area contributed by atoms with E-state index in [1.807, 2.05) is 4.90 Å². The Kier molecular flexibility index (Phi) is 6.81. The molecule has 0 radical (unpaired) electrons. The van der Waals surface area contributed by atoms with Crippen LogP contribution >= 0.6 is 23.7 Å². The number of halogens is 1. The monoisotopic (exact) mass is 434 g/mol. The van der Waals surface area contributed by atoms with Gasteiger partial charge < -0.3 is 10.2 Å². The Morgan fingerprint density at radius 3 is 2.63 bits per heavy atom. The molecule has 1 amide bonds. The summed E-state index contributed by atoms with van der Waals surface area (Å²) in [5.41, 5.74) is 0. The van der Waals surface area contributed by atoms with Gasteiger partial charge in [0.05, 0.1) is 0 Å². The minimum atomic E-state index is -3.57. The first kappa shape index (κ1) is 21.0. The van der Waals surface area contributed by atoms with E-state index >= 15 is 0 Å². The molecule has 4 heterocycles. The van der Waals surface area contributed by atoms with Gasteiger partial charge in [-0.2, -0.15) is 4.31 Å². The van der Waals surface area contributed by atoms with Gasteiger partial charge in [0.25, 0.3) is 10.0 Å². The van der Waals surface area contributed by atoms with E-state index in [1.54, 1.807) is 17.5 Å². The third-order valence-corrected chi connectivity index (χ3v) is 8.97. The highest BCUT2D eigenvalue weighted by molar-refractivity contribution is 7.91. The average molecular weight is 435 g/mol. The van der Waals surface area contributed by atoms with E-state index in [1.165, 1.54) is 15.6 Å². The third kappa shape index (κ3) is 4.18. The van der Waals surface area contributed by atoms with Crippen molar-refractivity contribution < 1.29 is 13.2 Å². The zero-order chi connectivity index (χ0) is 18.1. The lowest BCUT2D eigenvalue weighted by Gasteiger charge is -2.33. The predicted molar refractivity (Wildman–Crippen MR) is 108 cm³/mol. The number of thiophene rings is 1. The highest BCUT2D eigenvalue weighted by Crippen LogP contribution is 2.30. The number of amides is 1. The van der Waals surface area contributed by atoms with E-state index < -0.39 is 16.1 Å². The van der Waals surface area contributed by atoms with E-state index in [9.17, 15) is 13.2 Å². The molecule has 152 valence electrons. The second-order valence-electron chi connectivity index (χ2n) is 7.22. The van der Waals surface area contributed by atoms with Crippen LogP contribution in [0.5, 0.6) is 0 Å². The summed E-state index contributed by atoms with van der Waals surface area (Å²) in [7, 11) is -3.57. The zero-order valence-electron chi connectivity index (χ0n) is 15.2. The maximum absolute atomic E-state index is 13.1. The van der Waals surface area contributed by atoms with Gasteiger partial charge in [-0.1, -0.05) is 6.07 Å². The first-order valence-electron chi connectivity index (χ1n) is 9.36. The van der Waals surface area contributed by atoms with Crippen molar-refractivity contribution in [1.29, 1.82) is 0 Å². The molecule has 10 heteroatoms. The Bertz CT molecular complexity index is 737. The Balaban J connectivity index is 0.00000210. The smallest absolute Gasteiger partial charge is 0.253 e. The van der Waals surface area contributed by atoms with Crippen LogP contribution in [0.4, 0.5) is 0 Å². The molecule has 1 N–H and O–H groups in total. The van der Waals surface area contributed by atoms with Gasteiger partial charge >= 0.3 is 0 Å². The first-order valence-corrected chi connectivity index (χ1v) is 11.7. The van der Waals surface area contributed by atoms with E-state index in [0.29, 0.717) is 23.2 Å². The Morgan fingerprint density at radius 2 is 1.93 bits per heavy atom. The lowest BCUT2D eigenvalue weighted by atomic mass is 10.2. The molecule has 1 aromatic heterocycles. The van der Waals surface area contributed by atoms with Crippen molar-refractivity contribution in [3.63, 3.8) is 0 Å². The molecule has 7 nitrogen and oxygen atoms in total. The molecule has 3 aliphatic rings. The molecule has 3 aliphatic heterocycles. The topological polar surface area (TPSA) is 73.0 Å². The molecule has 0 spiro atoms. The first-order chi connectivity index (χ1) is 12.6. The van der Waals surface area contributed by atoms with Crippen molar-refractivity contribution in [2.45, 2.75) is 35.6 Å². The molecule has 0 aromatic carbocycles. The van der Waals surface area contributed by atoms with Gasteiger partial charge in [-0.3, -0.25) is 9.69 Å². The number of hydrogen-bond donors (Lipinski definition) is 1. The molecular formula is C17H27ClN4O3S2. The predicted octanol–water partition coefficient (Wildman–Crippen LogP) is 0.829. The van der Waals surface area contributed by atoms with E-state index in [-0.39, 0.29) is 18.3 Å². The van der Waals surface area contributed by atoms with Crippen LogP contribution < -0.4 is 5.32 Å². The van der Waals surface area contributed by atoms with Gasteiger partial charge in [-0.05, 0) is 30.7 Å². The molecule has 2 unspecified atom stereocenters. The lowest BCUT2D eigenvalue weighted by molar-refractivity contribution is -0.133. The van der Waals surface area contributed by atoms with Crippen LogP contribution in [0.2, 0.25) is 0 Å². The van der Waals surface area contributed by atoms with Gasteiger partial charge in [0.2, 0.25) is 5.91 Å². The average Bonchev–Trinajstić information content (AvgIpc) is 3.43. The van der Waals surface area contributed by atoms with Crippen LogP contribution in [0.1, 0.15) is 19.3 Å². The summed E-state index contributed by atoms with van der Waals surface area (Å²) in [5, 5.41) is 5.12. The molecule has 4 rings (SSSR count). The Labute approximate surface area is 171 Å². The second-order valence-corrected chi connectivity index (χ2v) is 10.3. The van der Waals surface area contributed by atoms with Gasteiger partial charge in [0, 0.05) is 51.9 Å². The van der Waals surface area contributed by atoms with Crippen LogP contribution in [0.25, 0.3) is 0 Å². The summed E-state index contributed by atoms with van der Waals surface area (Å²) >= 11 is 1.21. The SMILES string of the molecule is Cl.O=C(C1CCCN1S(=O)(=O)c1cccs1)N1CCC(N2CCNCC2)C1. The minimum absolute atomic E-state index is 0. The highest BCUT2D eigenvalue weighted by Gasteiger charge is 2.43. The minimum Gasteiger partial charge on any atom is -0.340 e. The van der Waals surface area contributed by atoms with Gasteiger partial charge in [0.1, 0.15) is 10.3 Å². The maximum atomic E-state index is 13.1. The number of rotatable bonds is 4. The van der Waals surface area contributed by atoms with Gasteiger partial charge in [-0.15, -0.1) is 23.7 Å². The fourth-order valence-corrected chi connectivity index (χ4v) is 7.07. The van der Waals surface area contributed by atoms with Crippen LogP contribution in [0.15, 0.2) is 21.7 Å². The number of nitrogens with zero attached hydrogens (tertiary/aromatic N) is 3. The summed E-state index contributed by atoms with van der Waals surface area (Å²) in [5.74, 6) is -0.0136. The summed E-state index contributed by atoms with van der Waals surface area (Å²) in [4.78, 5) is 17.4. The van der Waals surface area contributed by atoms with E-state index in [2.05, 4.69) is 10.2 Å². The van der Waals surface area contributed by atoms with Crippen molar-refractivity contribution in [1.82, 2.24) is 19.4 Å². The largest absolute Gasteiger partial charge is 0.340 e. The van der Waals surface area contributed by atoms with Gasteiger partial charge in [-0.25, -0.2) is 8.42 Å². The standard InChI is InChI=1S/C17H26N4O3S2.ClH/c22-17(20-9-5-14(13-20)19-10-6-18-7-11-19)15-3-1-8-21(15)26(23,24)16-4-2-12-25-16;/h2,4,12,14-15,18H,1,3,5-11,13H2;1H. The van der Waals surface area contributed by atoms with Crippen molar-refractivity contribution >= 4 is 39.7 Å². The number of likely N-dealkylation sites (tertiary alicyclic amines) is 1. The van der Waals surface area contributed by atoms with E-state index in [4.69, 9.17) is 0 Å². The van der Waals surface area contributed by atoms with Gasteiger partial charge in [0.15, 0.2) is 0 Å². The molecule has 3 fully saturated rings. The van der Waals surface area contributed by atoms with Crippen LogP contribution in [0.3, 0.4) is 0 Å². The summed E-state index contributed by atoms with van der Waals surface area (Å²) < 4.78 is 27.5. The third-order valence-electron chi connectivity index (χ3n) is 5.69. The van der Waals surface area contributed by atoms with Crippen molar-refractivity contribution in [3.05, 3.63) is 17.5 Å². The summed E-state index contributed by atoms with van der Waals surface area (Å²) in [6.07, 6.45) is 2.35. The van der Waals surface area contributed by atoms with Crippen molar-refractivity contribution in [3.8, 4) is 0 Å². The summed E-state index contributed by atoms with van der Waals surface area (Å²) in [6.45, 7) is 5.94. The highest BCUT2D eigenvalue weighted by atomic mass is 35.5. The van der Waals surface area contributed by atoms with Crippen molar-refractivity contribution in [2.24, 2.45) is 0 Å². The Hall–Kier alpha value is -0.710. The lowest BCUT2D eigenvalue weighted by Crippen LogP contribution is -2.51. The molecule has 2 atom stereocenters. The van der Waals surface area contributed by atoms with Crippen LogP contribution in [-0.2, 0) is 14.8 Å². The second kappa shape index (κ2) is 8.75. The fourth-order valence-electron chi connectivity index (χ4n) is 4.30. The number of hydrogen-bond acceptors (Lipinski definition) is 6. The van der Waals surface area contributed by atoms with Crippen LogP contribution in [0, 0.1) is 0 Å².